The van der Waals surface area contributed by atoms with Crippen LogP contribution in [0.15, 0.2) is 0 Å². The van der Waals surface area contributed by atoms with E-state index in [1.807, 2.05) is 14.1 Å². The van der Waals surface area contributed by atoms with Gasteiger partial charge in [-0.15, -0.1) is 0 Å². The fourth-order valence-corrected chi connectivity index (χ4v) is 0.852. The van der Waals surface area contributed by atoms with Crippen LogP contribution >= 0.6 is 0 Å². The summed E-state index contributed by atoms with van der Waals surface area (Å²) < 4.78 is 5.04. The highest BCUT2D eigenvalue weighted by atomic mass is 16.7. The van der Waals surface area contributed by atoms with Gasteiger partial charge in [-0.05, 0) is 12.8 Å². The molecule has 1 fully saturated rings. The van der Waals surface area contributed by atoms with Crippen LogP contribution in [0.3, 0.4) is 0 Å². The Morgan fingerprint density at radius 3 is 2.08 bits per heavy atom. The molecule has 0 atom stereocenters. The summed E-state index contributed by atoms with van der Waals surface area (Å²) in [6.07, 6.45) is 2.87. The lowest BCUT2D eigenvalue weighted by Gasteiger charge is -2.15. The third-order valence-corrected chi connectivity index (χ3v) is 1.82. The molecule has 0 aromatic carbocycles. The molecule has 13 heavy (non-hydrogen) atoms. The number of hydrogen-bond acceptors (Lipinski definition) is 4. The van der Waals surface area contributed by atoms with Crippen molar-refractivity contribution >= 4 is 6.29 Å². The summed E-state index contributed by atoms with van der Waals surface area (Å²) in [5.41, 5.74) is 0. The Morgan fingerprint density at radius 1 is 1.38 bits per heavy atom. The molecule has 78 valence electrons. The molecule has 0 aromatic heterocycles. The maximum Gasteiger partial charge on any atom is 0.123 e. The third-order valence-electron chi connectivity index (χ3n) is 1.82. The molecule has 1 heterocycles. The lowest BCUT2D eigenvalue weighted by Crippen LogP contribution is -2.16. The van der Waals surface area contributed by atoms with Crippen molar-refractivity contribution in [1.29, 1.82) is 0 Å². The number of hydroxylamine groups is 2. The number of ether oxygens (including phenoxy) is 1. The van der Waals surface area contributed by atoms with Gasteiger partial charge in [-0.25, -0.2) is 0 Å². The van der Waals surface area contributed by atoms with Crippen LogP contribution in [0.4, 0.5) is 0 Å². The topological polar surface area (TPSA) is 38.8 Å². The van der Waals surface area contributed by atoms with E-state index in [1.165, 1.54) is 0 Å². The molecule has 0 amide bonds. The maximum absolute atomic E-state index is 10.1. The summed E-state index contributed by atoms with van der Waals surface area (Å²) in [6, 6.07) is 0. The Labute approximate surface area is 79.8 Å². The van der Waals surface area contributed by atoms with Crippen LogP contribution in [0.1, 0.15) is 12.8 Å². The number of carbonyl (C=O) groups excluding carboxylic acids is 1. The van der Waals surface area contributed by atoms with Crippen LogP contribution in [0.5, 0.6) is 0 Å². The van der Waals surface area contributed by atoms with Crippen molar-refractivity contribution in [2.45, 2.75) is 12.8 Å². The molecule has 0 aliphatic carbocycles. The molecule has 4 nitrogen and oxygen atoms in total. The minimum Gasteiger partial charge on any atom is -0.381 e. The van der Waals surface area contributed by atoms with E-state index in [0.717, 1.165) is 32.3 Å². The highest BCUT2D eigenvalue weighted by Crippen LogP contribution is 2.10. The molecule has 1 aliphatic rings. The van der Waals surface area contributed by atoms with E-state index in [0.29, 0.717) is 0 Å². The summed E-state index contributed by atoms with van der Waals surface area (Å²) in [5.74, 6) is 0.281. The van der Waals surface area contributed by atoms with Gasteiger partial charge in [-0.1, -0.05) is 0 Å². The first-order valence-electron chi connectivity index (χ1n) is 4.45. The van der Waals surface area contributed by atoms with Gasteiger partial charge in [0.15, 0.2) is 0 Å². The van der Waals surface area contributed by atoms with Gasteiger partial charge >= 0.3 is 0 Å². The molecule has 0 unspecified atom stereocenters. The Hall–Kier alpha value is -0.450. The fourth-order valence-electron chi connectivity index (χ4n) is 0.852. The molecule has 0 spiro atoms. The molecule has 0 N–H and O–H groups in total. The summed E-state index contributed by atoms with van der Waals surface area (Å²) in [4.78, 5) is 14.7. The van der Waals surface area contributed by atoms with Crippen molar-refractivity contribution < 1.29 is 14.4 Å². The molecule has 4 heteroatoms. The predicted molar refractivity (Wildman–Crippen MR) is 50.3 cm³/mol. The van der Waals surface area contributed by atoms with Crippen LogP contribution in [0.25, 0.3) is 0 Å². The van der Waals surface area contributed by atoms with E-state index in [-0.39, 0.29) is 5.92 Å². The maximum atomic E-state index is 10.1. The van der Waals surface area contributed by atoms with Crippen LogP contribution in [-0.4, -0.2) is 45.8 Å². The average Bonchev–Trinajstić information content (AvgIpc) is 2.20. The minimum atomic E-state index is 0.281. The van der Waals surface area contributed by atoms with Gasteiger partial charge < -0.3 is 14.4 Å². The van der Waals surface area contributed by atoms with Crippen LogP contribution in [0.2, 0.25) is 0 Å². The standard InChI is InChI=1S/C6H10O2.C3H9NO/c7-5-6-1-3-8-4-2-6;1-4(2)5-3/h5-6H,1-4H2;1-3H3. The minimum absolute atomic E-state index is 0.281. The van der Waals surface area contributed by atoms with Crippen molar-refractivity contribution in [2.24, 2.45) is 5.92 Å². The lowest BCUT2D eigenvalue weighted by molar-refractivity contribution is -0.113. The quantitative estimate of drug-likeness (QED) is 0.474. The second-order valence-electron chi connectivity index (χ2n) is 3.08. The van der Waals surface area contributed by atoms with Gasteiger partial charge in [0.25, 0.3) is 0 Å². The Bertz CT molecular complexity index is 122. The number of nitrogens with zero attached hydrogens (tertiary/aromatic N) is 1. The summed E-state index contributed by atoms with van der Waals surface area (Å²) >= 11 is 0. The normalized spacial score (nSPS) is 17.8. The largest absolute Gasteiger partial charge is 0.381 e. The van der Waals surface area contributed by atoms with Crippen molar-refractivity contribution in [2.75, 3.05) is 34.4 Å². The first kappa shape index (κ1) is 12.6. The lowest BCUT2D eigenvalue weighted by atomic mass is 10.0. The first-order valence-corrected chi connectivity index (χ1v) is 4.45. The zero-order valence-corrected chi connectivity index (χ0v) is 8.66. The van der Waals surface area contributed by atoms with E-state index in [2.05, 4.69) is 4.84 Å². The Balaban J connectivity index is 0.000000252. The molecule has 0 bridgehead atoms. The van der Waals surface area contributed by atoms with E-state index < -0.39 is 0 Å². The van der Waals surface area contributed by atoms with Crippen molar-refractivity contribution in [1.82, 2.24) is 5.06 Å². The summed E-state index contributed by atoms with van der Waals surface area (Å²) in [7, 11) is 5.29. The zero-order valence-electron chi connectivity index (χ0n) is 8.66. The zero-order chi connectivity index (χ0) is 10.1. The molecule has 0 saturated carbocycles. The number of rotatable bonds is 2. The molecule has 1 saturated heterocycles. The summed E-state index contributed by atoms with van der Waals surface area (Å²) in [6.45, 7) is 1.53. The van der Waals surface area contributed by atoms with Gasteiger partial charge in [0, 0.05) is 33.2 Å². The van der Waals surface area contributed by atoms with Gasteiger partial charge in [-0.2, -0.15) is 5.06 Å². The molecule has 1 rings (SSSR count). The second-order valence-corrected chi connectivity index (χ2v) is 3.08. The Morgan fingerprint density at radius 2 is 1.85 bits per heavy atom. The predicted octanol–water partition coefficient (Wildman–Crippen LogP) is 0.721. The molecule has 0 aromatic rings. The van der Waals surface area contributed by atoms with E-state index in [1.54, 1.807) is 12.2 Å². The van der Waals surface area contributed by atoms with E-state index >= 15 is 0 Å². The van der Waals surface area contributed by atoms with Crippen molar-refractivity contribution in [3.63, 3.8) is 0 Å². The Kier molecular flexibility index (Phi) is 7.88. The van der Waals surface area contributed by atoms with Gasteiger partial charge in [-0.3, -0.25) is 0 Å². The van der Waals surface area contributed by atoms with Crippen molar-refractivity contribution in [3.8, 4) is 0 Å². The average molecular weight is 189 g/mol. The van der Waals surface area contributed by atoms with Crippen LogP contribution in [0, 0.1) is 5.92 Å². The smallest absolute Gasteiger partial charge is 0.123 e. The highest BCUT2D eigenvalue weighted by molar-refractivity contribution is 5.53. The third kappa shape index (κ3) is 7.90. The first-order chi connectivity index (χ1) is 6.20. The number of carbonyl (C=O) groups is 1. The second kappa shape index (κ2) is 8.16. The SMILES string of the molecule is CON(C)C.O=CC1CCOCC1. The molecule has 0 radical (unpaired) electrons. The van der Waals surface area contributed by atoms with Gasteiger partial charge in [0.1, 0.15) is 6.29 Å². The van der Waals surface area contributed by atoms with Crippen molar-refractivity contribution in [3.05, 3.63) is 0 Å². The fraction of sp³-hybridized carbons (Fsp3) is 0.889. The van der Waals surface area contributed by atoms with Crippen LogP contribution < -0.4 is 0 Å². The summed E-state index contributed by atoms with van der Waals surface area (Å²) in [5, 5.41) is 1.62. The highest BCUT2D eigenvalue weighted by Gasteiger charge is 2.10. The molecular weight excluding hydrogens is 170 g/mol. The monoisotopic (exact) mass is 189 g/mol. The van der Waals surface area contributed by atoms with E-state index in [4.69, 9.17) is 4.74 Å². The van der Waals surface area contributed by atoms with Gasteiger partial charge in [0.05, 0.1) is 7.11 Å². The number of hydrogen-bond donors (Lipinski definition) is 0. The van der Waals surface area contributed by atoms with Gasteiger partial charge in [0.2, 0.25) is 0 Å². The molecule has 1 aliphatic heterocycles. The van der Waals surface area contributed by atoms with Crippen LogP contribution in [-0.2, 0) is 14.4 Å². The molecular formula is C9H19NO3. The number of aldehydes is 1. The van der Waals surface area contributed by atoms with E-state index in [9.17, 15) is 4.79 Å².